The normalized spacial score (nSPS) is 16.6. The number of ketones is 1. The van der Waals surface area contributed by atoms with Gasteiger partial charge in [0.25, 0.3) is 0 Å². The summed E-state index contributed by atoms with van der Waals surface area (Å²) in [5.74, 6) is 1.30. The van der Waals surface area contributed by atoms with E-state index >= 15 is 0 Å². The molecular weight excluding hydrogens is 276 g/mol. The lowest BCUT2D eigenvalue weighted by Gasteiger charge is -2.19. The molecule has 0 fully saturated rings. The fourth-order valence-electron chi connectivity index (χ4n) is 2.53. The fourth-order valence-corrected chi connectivity index (χ4v) is 2.53. The van der Waals surface area contributed by atoms with E-state index < -0.39 is 0 Å². The van der Waals surface area contributed by atoms with Crippen LogP contribution < -0.4 is 9.47 Å². The number of allylic oxidation sites excluding steroid dienone is 4. The second-order valence-corrected chi connectivity index (χ2v) is 6.42. The molecule has 0 amide bonds. The van der Waals surface area contributed by atoms with Crippen LogP contribution in [-0.2, 0) is 0 Å². The third kappa shape index (κ3) is 4.00. The summed E-state index contributed by atoms with van der Waals surface area (Å²) in [5.41, 5.74) is 1.90. The molecule has 0 atom stereocenters. The largest absolute Gasteiger partial charge is 0.497 e. The van der Waals surface area contributed by atoms with Crippen LogP contribution >= 0.6 is 0 Å². The highest BCUT2D eigenvalue weighted by atomic mass is 16.5. The van der Waals surface area contributed by atoms with Gasteiger partial charge in [0.15, 0.2) is 5.78 Å². The van der Waals surface area contributed by atoms with E-state index in [1.807, 2.05) is 0 Å². The van der Waals surface area contributed by atoms with Crippen LogP contribution in [0.2, 0.25) is 0 Å². The molecule has 2 rings (SSSR count). The standard InChI is InChI=1S/C19H24O3/c1-19(2)10-5-6-14(9-11-19)12-17(20)16-13-15(21-3)7-8-18(16)22-4/h5-9,13H,10-12H2,1-4H3. The van der Waals surface area contributed by atoms with Crippen molar-refractivity contribution in [3.05, 3.63) is 47.6 Å². The third-order valence-electron chi connectivity index (χ3n) is 3.99. The predicted molar refractivity (Wildman–Crippen MR) is 88.7 cm³/mol. The smallest absolute Gasteiger partial charge is 0.171 e. The molecule has 1 aliphatic carbocycles. The monoisotopic (exact) mass is 300 g/mol. The maximum Gasteiger partial charge on any atom is 0.171 e. The fraction of sp³-hybridized carbons (Fsp3) is 0.421. The lowest BCUT2D eigenvalue weighted by atomic mass is 9.86. The Morgan fingerprint density at radius 1 is 1.18 bits per heavy atom. The van der Waals surface area contributed by atoms with Crippen LogP contribution in [0.25, 0.3) is 0 Å². The van der Waals surface area contributed by atoms with Crippen molar-refractivity contribution >= 4 is 5.78 Å². The lowest BCUT2D eigenvalue weighted by Crippen LogP contribution is -2.07. The van der Waals surface area contributed by atoms with Gasteiger partial charge in [-0.1, -0.05) is 32.1 Å². The van der Waals surface area contributed by atoms with Crippen LogP contribution in [0.1, 0.15) is 43.5 Å². The molecule has 0 aromatic heterocycles. The molecule has 0 N–H and O–H groups in total. The van der Waals surface area contributed by atoms with Gasteiger partial charge in [-0.3, -0.25) is 4.79 Å². The van der Waals surface area contributed by atoms with Gasteiger partial charge in [0.2, 0.25) is 0 Å². The van der Waals surface area contributed by atoms with E-state index in [2.05, 4.69) is 32.1 Å². The van der Waals surface area contributed by atoms with Crippen LogP contribution in [0.15, 0.2) is 42.0 Å². The maximum absolute atomic E-state index is 12.6. The number of benzene rings is 1. The van der Waals surface area contributed by atoms with Crippen molar-refractivity contribution in [1.82, 2.24) is 0 Å². The molecule has 0 saturated heterocycles. The Morgan fingerprint density at radius 2 is 1.95 bits per heavy atom. The van der Waals surface area contributed by atoms with Gasteiger partial charge in [0.1, 0.15) is 11.5 Å². The maximum atomic E-state index is 12.6. The van der Waals surface area contributed by atoms with E-state index in [-0.39, 0.29) is 11.2 Å². The molecule has 0 unspecified atom stereocenters. The second kappa shape index (κ2) is 6.82. The molecule has 118 valence electrons. The molecule has 0 spiro atoms. The Kier molecular flexibility index (Phi) is 5.07. The van der Waals surface area contributed by atoms with Crippen molar-refractivity contribution < 1.29 is 14.3 Å². The summed E-state index contributed by atoms with van der Waals surface area (Å²) in [6, 6.07) is 5.31. The average molecular weight is 300 g/mol. The molecule has 0 bridgehead atoms. The minimum atomic E-state index is 0.0476. The van der Waals surface area contributed by atoms with E-state index in [1.165, 1.54) is 0 Å². The second-order valence-electron chi connectivity index (χ2n) is 6.42. The first kappa shape index (κ1) is 16.3. The molecule has 3 nitrogen and oxygen atoms in total. The van der Waals surface area contributed by atoms with E-state index in [0.717, 1.165) is 18.4 Å². The molecule has 0 saturated carbocycles. The van der Waals surface area contributed by atoms with Crippen molar-refractivity contribution in [2.45, 2.75) is 33.1 Å². The Labute approximate surface area is 132 Å². The quantitative estimate of drug-likeness (QED) is 0.747. The zero-order chi connectivity index (χ0) is 16.2. The van der Waals surface area contributed by atoms with Crippen molar-refractivity contribution in [3.63, 3.8) is 0 Å². The first-order valence-electron chi connectivity index (χ1n) is 7.56. The van der Waals surface area contributed by atoms with E-state index in [4.69, 9.17) is 9.47 Å². The summed E-state index contributed by atoms with van der Waals surface area (Å²) in [7, 11) is 3.17. The number of carbonyl (C=O) groups is 1. The van der Waals surface area contributed by atoms with Crippen LogP contribution in [0.3, 0.4) is 0 Å². The van der Waals surface area contributed by atoms with Crippen LogP contribution in [0.4, 0.5) is 0 Å². The SMILES string of the molecule is COc1ccc(OC)c(C(=O)CC2=CCC(C)(C)CC=C2)c1. The Hall–Kier alpha value is -2.03. The summed E-state index contributed by atoms with van der Waals surface area (Å²) in [6.07, 6.45) is 8.81. The van der Waals surface area contributed by atoms with E-state index in [9.17, 15) is 4.79 Å². The Morgan fingerprint density at radius 3 is 2.64 bits per heavy atom. The number of ether oxygens (including phenoxy) is 2. The van der Waals surface area contributed by atoms with Gasteiger partial charge in [-0.2, -0.15) is 0 Å². The van der Waals surface area contributed by atoms with Gasteiger partial charge in [-0.05, 0) is 42.0 Å². The Balaban J connectivity index is 2.20. The zero-order valence-corrected chi connectivity index (χ0v) is 13.8. The van der Waals surface area contributed by atoms with Crippen LogP contribution in [-0.4, -0.2) is 20.0 Å². The topological polar surface area (TPSA) is 35.5 Å². The van der Waals surface area contributed by atoms with E-state index in [1.54, 1.807) is 32.4 Å². The number of carbonyl (C=O) groups excluding carboxylic acids is 1. The molecule has 0 radical (unpaired) electrons. The Bertz CT molecular complexity index is 609. The molecule has 0 aliphatic heterocycles. The highest BCUT2D eigenvalue weighted by Crippen LogP contribution is 2.31. The van der Waals surface area contributed by atoms with Crippen molar-refractivity contribution in [2.75, 3.05) is 14.2 Å². The van der Waals surface area contributed by atoms with Crippen molar-refractivity contribution in [2.24, 2.45) is 5.41 Å². The molecule has 1 aromatic rings. The first-order chi connectivity index (χ1) is 10.4. The number of methoxy groups -OCH3 is 2. The van der Waals surface area contributed by atoms with Gasteiger partial charge in [0, 0.05) is 6.42 Å². The van der Waals surface area contributed by atoms with Crippen molar-refractivity contribution in [1.29, 1.82) is 0 Å². The van der Waals surface area contributed by atoms with Gasteiger partial charge in [-0.15, -0.1) is 0 Å². The van der Waals surface area contributed by atoms with Gasteiger partial charge in [-0.25, -0.2) is 0 Å². The van der Waals surface area contributed by atoms with Crippen molar-refractivity contribution in [3.8, 4) is 11.5 Å². The van der Waals surface area contributed by atoms with Gasteiger partial charge in [0.05, 0.1) is 19.8 Å². The minimum Gasteiger partial charge on any atom is -0.497 e. The molecule has 22 heavy (non-hydrogen) atoms. The number of rotatable bonds is 5. The van der Waals surface area contributed by atoms with Gasteiger partial charge >= 0.3 is 0 Å². The summed E-state index contributed by atoms with van der Waals surface area (Å²) in [4.78, 5) is 12.6. The summed E-state index contributed by atoms with van der Waals surface area (Å²) >= 11 is 0. The summed E-state index contributed by atoms with van der Waals surface area (Å²) in [5, 5.41) is 0. The number of hydrogen-bond donors (Lipinski definition) is 0. The summed E-state index contributed by atoms with van der Waals surface area (Å²) < 4.78 is 10.5. The molecule has 3 heteroatoms. The molecule has 1 aromatic carbocycles. The number of Topliss-reactive ketones (excluding diaryl/α,β-unsaturated/α-hetero) is 1. The highest BCUT2D eigenvalue weighted by Gasteiger charge is 2.19. The zero-order valence-electron chi connectivity index (χ0n) is 13.8. The molecule has 1 aliphatic rings. The first-order valence-corrected chi connectivity index (χ1v) is 7.56. The molecule has 0 heterocycles. The summed E-state index contributed by atoms with van der Waals surface area (Å²) in [6.45, 7) is 4.48. The molecular formula is C19H24O3. The number of hydrogen-bond acceptors (Lipinski definition) is 3. The van der Waals surface area contributed by atoms with Gasteiger partial charge < -0.3 is 9.47 Å². The van der Waals surface area contributed by atoms with E-state index in [0.29, 0.717) is 23.5 Å². The average Bonchev–Trinajstić information content (AvgIpc) is 2.67. The van der Waals surface area contributed by atoms with Crippen LogP contribution in [0, 0.1) is 5.41 Å². The lowest BCUT2D eigenvalue weighted by molar-refractivity contribution is 0.0990. The van der Waals surface area contributed by atoms with Crippen LogP contribution in [0.5, 0.6) is 11.5 Å². The predicted octanol–water partition coefficient (Wildman–Crippen LogP) is 4.58. The minimum absolute atomic E-state index is 0.0476. The highest BCUT2D eigenvalue weighted by molar-refractivity contribution is 6.00. The third-order valence-corrected chi connectivity index (χ3v) is 3.99.